The highest BCUT2D eigenvalue weighted by atomic mass is 16.6. The number of esters is 1. The Morgan fingerprint density at radius 3 is 2.54 bits per heavy atom. The van der Waals surface area contributed by atoms with E-state index in [0.29, 0.717) is 5.69 Å². The van der Waals surface area contributed by atoms with E-state index in [1.165, 1.54) is 23.8 Å². The summed E-state index contributed by atoms with van der Waals surface area (Å²) < 4.78 is 4.90. The van der Waals surface area contributed by atoms with Crippen molar-refractivity contribution in [2.75, 3.05) is 11.9 Å². The minimum Gasteiger partial charge on any atom is -0.452 e. The van der Waals surface area contributed by atoms with Crippen LogP contribution < -0.4 is 5.32 Å². The van der Waals surface area contributed by atoms with E-state index in [1.54, 1.807) is 12.1 Å². The van der Waals surface area contributed by atoms with Crippen molar-refractivity contribution in [3.8, 4) is 0 Å². The molecular weight excluding hydrogens is 336 g/mol. The Labute approximate surface area is 151 Å². The summed E-state index contributed by atoms with van der Waals surface area (Å²) in [7, 11) is 0. The number of hydrogen-bond donors (Lipinski definition) is 1. The van der Waals surface area contributed by atoms with Crippen LogP contribution in [0, 0.1) is 10.1 Å². The first-order valence-electron chi connectivity index (χ1n) is 8.30. The molecule has 1 amide bonds. The van der Waals surface area contributed by atoms with Crippen molar-refractivity contribution >= 4 is 23.3 Å². The van der Waals surface area contributed by atoms with Crippen molar-refractivity contribution in [3.63, 3.8) is 0 Å². The number of benzene rings is 2. The lowest BCUT2D eigenvalue weighted by atomic mass is 10.1. The molecule has 0 atom stereocenters. The largest absolute Gasteiger partial charge is 0.452 e. The zero-order valence-corrected chi connectivity index (χ0v) is 14.4. The van der Waals surface area contributed by atoms with Crippen molar-refractivity contribution in [1.29, 1.82) is 0 Å². The maximum absolute atomic E-state index is 11.9. The van der Waals surface area contributed by atoms with Crippen LogP contribution in [-0.4, -0.2) is 23.4 Å². The van der Waals surface area contributed by atoms with Crippen molar-refractivity contribution in [1.82, 2.24) is 0 Å². The van der Waals surface area contributed by atoms with Gasteiger partial charge in [0.15, 0.2) is 6.61 Å². The lowest BCUT2D eigenvalue weighted by Crippen LogP contribution is -2.21. The van der Waals surface area contributed by atoms with Crippen molar-refractivity contribution in [3.05, 3.63) is 69.8 Å². The summed E-state index contributed by atoms with van der Waals surface area (Å²) in [5, 5.41) is 13.4. The van der Waals surface area contributed by atoms with Gasteiger partial charge in [0.1, 0.15) is 0 Å². The summed E-state index contributed by atoms with van der Waals surface area (Å²) in [5.41, 5.74) is 1.61. The molecule has 7 nitrogen and oxygen atoms in total. The van der Waals surface area contributed by atoms with Gasteiger partial charge in [-0.25, -0.2) is 4.79 Å². The zero-order chi connectivity index (χ0) is 18.9. The maximum Gasteiger partial charge on any atom is 0.338 e. The van der Waals surface area contributed by atoms with Crippen LogP contribution >= 0.6 is 0 Å². The fourth-order valence-corrected chi connectivity index (χ4v) is 2.29. The number of anilines is 1. The highest BCUT2D eigenvalue weighted by Gasteiger charge is 2.14. The van der Waals surface area contributed by atoms with E-state index in [2.05, 4.69) is 12.2 Å². The molecule has 2 aromatic carbocycles. The second kappa shape index (κ2) is 9.31. The first-order chi connectivity index (χ1) is 12.5. The van der Waals surface area contributed by atoms with Gasteiger partial charge in [-0.15, -0.1) is 0 Å². The minimum absolute atomic E-state index is 0.0206. The lowest BCUT2D eigenvalue weighted by molar-refractivity contribution is -0.384. The van der Waals surface area contributed by atoms with Crippen molar-refractivity contribution in [2.45, 2.75) is 26.2 Å². The molecule has 0 bridgehead atoms. The topological polar surface area (TPSA) is 98.5 Å². The fourth-order valence-electron chi connectivity index (χ4n) is 2.29. The standard InChI is InChI=1S/C19H20N2O5/c1-2-3-5-14-8-10-16(11-9-14)20-18(22)13-26-19(23)15-6-4-7-17(12-15)21(24)25/h4,6-12H,2-3,5,13H2,1H3,(H,20,22). The van der Waals surface area contributed by atoms with Gasteiger partial charge in [-0.3, -0.25) is 14.9 Å². The molecule has 0 aromatic heterocycles. The summed E-state index contributed by atoms with van der Waals surface area (Å²) in [5.74, 6) is -1.27. The Morgan fingerprint density at radius 1 is 1.15 bits per heavy atom. The summed E-state index contributed by atoms with van der Waals surface area (Å²) in [6, 6.07) is 12.6. The maximum atomic E-state index is 11.9. The third-order valence-electron chi connectivity index (χ3n) is 3.68. The van der Waals surface area contributed by atoms with Gasteiger partial charge in [-0.05, 0) is 36.6 Å². The molecule has 2 rings (SSSR count). The van der Waals surface area contributed by atoms with Gasteiger partial charge in [0.2, 0.25) is 0 Å². The van der Waals surface area contributed by atoms with E-state index >= 15 is 0 Å². The van der Waals surface area contributed by atoms with Crippen LogP contribution in [0.2, 0.25) is 0 Å². The summed E-state index contributed by atoms with van der Waals surface area (Å²) >= 11 is 0. The quantitative estimate of drug-likeness (QED) is 0.441. The Bertz CT molecular complexity index is 787. The third-order valence-corrected chi connectivity index (χ3v) is 3.68. The number of nitro groups is 1. The van der Waals surface area contributed by atoms with E-state index in [1.807, 2.05) is 12.1 Å². The number of nitrogens with one attached hydrogen (secondary N) is 1. The van der Waals surface area contributed by atoms with E-state index in [0.717, 1.165) is 25.3 Å². The molecule has 0 aliphatic heterocycles. The van der Waals surface area contributed by atoms with Gasteiger partial charge in [-0.2, -0.15) is 0 Å². The number of carbonyl (C=O) groups is 2. The van der Waals surface area contributed by atoms with E-state index < -0.39 is 23.4 Å². The number of carbonyl (C=O) groups excluding carboxylic acids is 2. The number of non-ortho nitro benzene ring substituents is 1. The van der Waals surface area contributed by atoms with Crippen LogP contribution in [0.3, 0.4) is 0 Å². The van der Waals surface area contributed by atoms with Crippen LogP contribution in [0.25, 0.3) is 0 Å². The highest BCUT2D eigenvalue weighted by Crippen LogP contribution is 2.14. The molecule has 26 heavy (non-hydrogen) atoms. The monoisotopic (exact) mass is 356 g/mol. The summed E-state index contributed by atoms with van der Waals surface area (Å²) in [4.78, 5) is 33.9. The number of hydrogen-bond acceptors (Lipinski definition) is 5. The molecule has 2 aromatic rings. The molecule has 0 fully saturated rings. The number of amides is 1. The molecule has 1 N–H and O–H groups in total. The lowest BCUT2D eigenvalue weighted by Gasteiger charge is -2.07. The van der Waals surface area contributed by atoms with Crippen LogP contribution in [0.5, 0.6) is 0 Å². The first kappa shape index (κ1) is 19.1. The van der Waals surface area contributed by atoms with Gasteiger partial charge in [0.25, 0.3) is 11.6 Å². The zero-order valence-electron chi connectivity index (χ0n) is 14.4. The molecule has 0 saturated carbocycles. The normalized spacial score (nSPS) is 10.2. The van der Waals surface area contributed by atoms with E-state index in [9.17, 15) is 19.7 Å². The number of unbranched alkanes of at least 4 members (excludes halogenated alkanes) is 1. The van der Waals surface area contributed by atoms with Gasteiger partial charge in [-0.1, -0.05) is 31.5 Å². The van der Waals surface area contributed by atoms with Crippen LogP contribution in [0.15, 0.2) is 48.5 Å². The molecule has 0 aliphatic rings. The summed E-state index contributed by atoms with van der Waals surface area (Å²) in [6.07, 6.45) is 3.22. The predicted molar refractivity (Wildman–Crippen MR) is 97.1 cm³/mol. The molecule has 0 saturated heterocycles. The number of nitrogens with zero attached hydrogens (tertiary/aromatic N) is 1. The average molecular weight is 356 g/mol. The molecule has 136 valence electrons. The van der Waals surface area contributed by atoms with Gasteiger partial charge < -0.3 is 10.1 Å². The molecular formula is C19H20N2O5. The fraction of sp³-hybridized carbons (Fsp3) is 0.263. The third kappa shape index (κ3) is 5.70. The van der Waals surface area contributed by atoms with Gasteiger partial charge >= 0.3 is 5.97 Å². The molecule has 0 aliphatic carbocycles. The molecule has 7 heteroatoms. The Morgan fingerprint density at radius 2 is 1.88 bits per heavy atom. The molecule has 0 spiro atoms. The Kier molecular flexibility index (Phi) is 6.84. The molecule has 0 heterocycles. The van der Waals surface area contributed by atoms with Crippen LogP contribution in [-0.2, 0) is 16.0 Å². The van der Waals surface area contributed by atoms with Crippen molar-refractivity contribution < 1.29 is 19.2 Å². The molecule has 0 unspecified atom stereocenters. The first-order valence-corrected chi connectivity index (χ1v) is 8.30. The average Bonchev–Trinajstić information content (AvgIpc) is 2.65. The Balaban J connectivity index is 1.85. The van der Waals surface area contributed by atoms with Gasteiger partial charge in [0, 0.05) is 17.8 Å². The second-order valence-corrected chi connectivity index (χ2v) is 5.73. The number of aryl methyl sites for hydroxylation is 1. The number of ether oxygens (including phenoxy) is 1. The van der Waals surface area contributed by atoms with Crippen LogP contribution in [0.1, 0.15) is 35.7 Å². The summed E-state index contributed by atoms with van der Waals surface area (Å²) in [6.45, 7) is 1.66. The molecule has 0 radical (unpaired) electrons. The second-order valence-electron chi connectivity index (χ2n) is 5.73. The Hall–Kier alpha value is -3.22. The highest BCUT2D eigenvalue weighted by molar-refractivity contribution is 5.95. The van der Waals surface area contributed by atoms with Gasteiger partial charge in [0.05, 0.1) is 10.5 Å². The minimum atomic E-state index is -0.793. The number of rotatable bonds is 8. The van der Waals surface area contributed by atoms with E-state index in [4.69, 9.17) is 4.74 Å². The smallest absolute Gasteiger partial charge is 0.338 e. The van der Waals surface area contributed by atoms with E-state index in [-0.39, 0.29) is 11.3 Å². The van der Waals surface area contributed by atoms with Crippen molar-refractivity contribution in [2.24, 2.45) is 0 Å². The SMILES string of the molecule is CCCCc1ccc(NC(=O)COC(=O)c2cccc([N+](=O)[O-])c2)cc1. The van der Waals surface area contributed by atoms with Crippen LogP contribution in [0.4, 0.5) is 11.4 Å². The number of nitro benzene ring substituents is 1. The predicted octanol–water partition coefficient (Wildman–Crippen LogP) is 3.73.